The molecule has 1 aromatic rings. The number of hydrogen-bond donors (Lipinski definition) is 2. The SMILES string of the molecule is Cc1cc(C(NC(=O)C2CC=CCC2)C(=O)O)ccc1F. The Morgan fingerprint density at radius 1 is 1.38 bits per heavy atom. The third kappa shape index (κ3) is 3.68. The molecule has 0 saturated carbocycles. The monoisotopic (exact) mass is 291 g/mol. The maximum atomic E-state index is 13.3. The molecule has 1 aliphatic carbocycles. The fraction of sp³-hybridized carbons (Fsp3) is 0.375. The van der Waals surface area contributed by atoms with E-state index in [2.05, 4.69) is 5.32 Å². The Morgan fingerprint density at radius 2 is 2.14 bits per heavy atom. The van der Waals surface area contributed by atoms with Crippen LogP contribution in [-0.4, -0.2) is 17.0 Å². The number of carbonyl (C=O) groups is 2. The Labute approximate surface area is 122 Å². The highest BCUT2D eigenvalue weighted by Gasteiger charge is 2.26. The van der Waals surface area contributed by atoms with Gasteiger partial charge in [-0.3, -0.25) is 4.79 Å². The van der Waals surface area contributed by atoms with Gasteiger partial charge in [-0.1, -0.05) is 24.3 Å². The molecule has 2 rings (SSSR count). The Morgan fingerprint density at radius 3 is 2.71 bits per heavy atom. The van der Waals surface area contributed by atoms with E-state index < -0.39 is 17.8 Å². The highest BCUT2D eigenvalue weighted by atomic mass is 19.1. The van der Waals surface area contributed by atoms with E-state index >= 15 is 0 Å². The van der Waals surface area contributed by atoms with Crippen molar-refractivity contribution >= 4 is 11.9 Å². The molecule has 112 valence electrons. The second-order valence-electron chi connectivity index (χ2n) is 5.27. The summed E-state index contributed by atoms with van der Waals surface area (Å²) >= 11 is 0. The topological polar surface area (TPSA) is 66.4 Å². The average Bonchev–Trinajstić information content (AvgIpc) is 2.48. The van der Waals surface area contributed by atoms with E-state index in [-0.39, 0.29) is 11.8 Å². The van der Waals surface area contributed by atoms with E-state index in [0.29, 0.717) is 17.5 Å². The van der Waals surface area contributed by atoms with Crippen LogP contribution in [0.25, 0.3) is 0 Å². The summed E-state index contributed by atoms with van der Waals surface area (Å²) in [6.45, 7) is 1.56. The van der Waals surface area contributed by atoms with Gasteiger partial charge in [0.2, 0.25) is 5.91 Å². The number of amides is 1. The Kier molecular flexibility index (Phi) is 4.73. The van der Waals surface area contributed by atoms with Gasteiger partial charge in [0.15, 0.2) is 6.04 Å². The molecule has 0 fully saturated rings. The molecule has 4 nitrogen and oxygen atoms in total. The summed E-state index contributed by atoms with van der Waals surface area (Å²) < 4.78 is 13.3. The molecule has 0 saturated heterocycles. The highest BCUT2D eigenvalue weighted by molar-refractivity contribution is 5.86. The molecule has 1 aliphatic rings. The first kappa shape index (κ1) is 15.2. The minimum absolute atomic E-state index is 0.196. The lowest BCUT2D eigenvalue weighted by molar-refractivity contribution is -0.142. The lowest BCUT2D eigenvalue weighted by atomic mass is 9.93. The van der Waals surface area contributed by atoms with E-state index in [0.717, 1.165) is 12.8 Å². The van der Waals surface area contributed by atoms with Crippen molar-refractivity contribution in [3.63, 3.8) is 0 Å². The minimum Gasteiger partial charge on any atom is -0.479 e. The zero-order chi connectivity index (χ0) is 15.4. The third-order valence-electron chi connectivity index (χ3n) is 3.69. The van der Waals surface area contributed by atoms with Crippen LogP contribution in [-0.2, 0) is 9.59 Å². The van der Waals surface area contributed by atoms with Crippen LogP contribution in [0.1, 0.15) is 36.4 Å². The number of aliphatic carboxylic acids is 1. The molecule has 21 heavy (non-hydrogen) atoms. The molecule has 0 aliphatic heterocycles. The molecule has 0 bridgehead atoms. The number of carboxylic acid groups (broad SMARTS) is 1. The van der Waals surface area contributed by atoms with Crippen molar-refractivity contribution in [1.29, 1.82) is 0 Å². The molecule has 2 atom stereocenters. The second-order valence-corrected chi connectivity index (χ2v) is 5.27. The van der Waals surface area contributed by atoms with Gasteiger partial charge in [0.25, 0.3) is 0 Å². The molecule has 0 heterocycles. The number of halogens is 1. The summed E-state index contributed by atoms with van der Waals surface area (Å²) in [5.74, 6) is -2.01. The fourth-order valence-corrected chi connectivity index (χ4v) is 2.43. The summed E-state index contributed by atoms with van der Waals surface area (Å²) in [5, 5.41) is 11.9. The lowest BCUT2D eigenvalue weighted by Crippen LogP contribution is -2.38. The summed E-state index contributed by atoms with van der Waals surface area (Å²) in [6.07, 6.45) is 6.12. The third-order valence-corrected chi connectivity index (χ3v) is 3.69. The Bertz CT molecular complexity index is 583. The van der Waals surface area contributed by atoms with Crippen LogP contribution in [0, 0.1) is 18.7 Å². The normalized spacial score (nSPS) is 19.0. The molecule has 1 aromatic carbocycles. The summed E-state index contributed by atoms with van der Waals surface area (Å²) in [6, 6.07) is 2.91. The highest BCUT2D eigenvalue weighted by Crippen LogP contribution is 2.21. The van der Waals surface area contributed by atoms with Crippen LogP contribution < -0.4 is 5.32 Å². The van der Waals surface area contributed by atoms with E-state index in [1.807, 2.05) is 12.2 Å². The first-order valence-electron chi connectivity index (χ1n) is 6.93. The van der Waals surface area contributed by atoms with Gasteiger partial charge in [-0.25, -0.2) is 9.18 Å². The molecular weight excluding hydrogens is 273 g/mol. The fourth-order valence-electron chi connectivity index (χ4n) is 2.43. The van der Waals surface area contributed by atoms with E-state index in [1.165, 1.54) is 18.2 Å². The van der Waals surface area contributed by atoms with E-state index in [4.69, 9.17) is 0 Å². The number of rotatable bonds is 4. The Hall–Kier alpha value is -2.17. The first-order valence-corrected chi connectivity index (χ1v) is 6.93. The van der Waals surface area contributed by atoms with Crippen LogP contribution in [0.15, 0.2) is 30.4 Å². The number of aryl methyl sites for hydroxylation is 1. The van der Waals surface area contributed by atoms with E-state index in [9.17, 15) is 19.1 Å². The van der Waals surface area contributed by atoms with Gasteiger partial charge in [0, 0.05) is 5.92 Å². The molecule has 1 amide bonds. The second kappa shape index (κ2) is 6.52. The average molecular weight is 291 g/mol. The van der Waals surface area contributed by atoms with Crippen molar-refractivity contribution in [2.45, 2.75) is 32.2 Å². The smallest absolute Gasteiger partial charge is 0.330 e. The van der Waals surface area contributed by atoms with Crippen molar-refractivity contribution in [3.8, 4) is 0 Å². The van der Waals surface area contributed by atoms with Crippen molar-refractivity contribution in [2.24, 2.45) is 5.92 Å². The van der Waals surface area contributed by atoms with Crippen LogP contribution in [0.4, 0.5) is 4.39 Å². The molecule has 0 spiro atoms. The van der Waals surface area contributed by atoms with Gasteiger partial charge in [-0.15, -0.1) is 0 Å². The summed E-state index contributed by atoms with van der Waals surface area (Å²) in [4.78, 5) is 23.5. The van der Waals surface area contributed by atoms with Gasteiger partial charge in [-0.2, -0.15) is 0 Å². The van der Waals surface area contributed by atoms with Crippen LogP contribution in [0.3, 0.4) is 0 Å². The van der Waals surface area contributed by atoms with Crippen LogP contribution in [0.2, 0.25) is 0 Å². The molecule has 2 N–H and O–H groups in total. The van der Waals surface area contributed by atoms with Gasteiger partial charge < -0.3 is 10.4 Å². The minimum atomic E-state index is -1.15. The number of nitrogens with one attached hydrogen (secondary N) is 1. The predicted octanol–water partition coefficient (Wildman–Crippen LogP) is 2.73. The standard InChI is InChI=1S/C16H18FNO3/c1-10-9-12(7-8-13(10)17)14(16(20)21)18-15(19)11-5-3-2-4-6-11/h2-3,7-9,11,14H,4-6H2,1H3,(H,18,19)(H,20,21). The van der Waals surface area contributed by atoms with E-state index in [1.54, 1.807) is 6.92 Å². The van der Waals surface area contributed by atoms with Gasteiger partial charge >= 0.3 is 5.97 Å². The van der Waals surface area contributed by atoms with Gasteiger partial charge in [0.05, 0.1) is 0 Å². The molecule has 5 heteroatoms. The zero-order valence-corrected chi connectivity index (χ0v) is 11.8. The van der Waals surface area contributed by atoms with Gasteiger partial charge in [0.1, 0.15) is 5.82 Å². The number of carboxylic acids is 1. The summed E-state index contributed by atoms with van der Waals surface area (Å²) in [5.41, 5.74) is 0.731. The predicted molar refractivity (Wildman–Crippen MR) is 76.1 cm³/mol. The van der Waals surface area contributed by atoms with Crippen molar-refractivity contribution < 1.29 is 19.1 Å². The Balaban J connectivity index is 2.15. The quantitative estimate of drug-likeness (QED) is 0.838. The van der Waals surface area contributed by atoms with Crippen LogP contribution >= 0.6 is 0 Å². The lowest BCUT2D eigenvalue weighted by Gasteiger charge is -2.21. The number of benzene rings is 1. The van der Waals surface area contributed by atoms with Crippen molar-refractivity contribution in [1.82, 2.24) is 5.32 Å². The number of carbonyl (C=O) groups excluding carboxylic acids is 1. The zero-order valence-electron chi connectivity index (χ0n) is 11.8. The van der Waals surface area contributed by atoms with Crippen molar-refractivity contribution in [3.05, 3.63) is 47.3 Å². The molecule has 0 radical (unpaired) electrons. The largest absolute Gasteiger partial charge is 0.479 e. The summed E-state index contributed by atoms with van der Waals surface area (Å²) in [7, 11) is 0. The number of allylic oxidation sites excluding steroid dienone is 2. The van der Waals surface area contributed by atoms with Gasteiger partial charge in [-0.05, 0) is 43.4 Å². The van der Waals surface area contributed by atoms with Crippen LogP contribution in [0.5, 0.6) is 0 Å². The molecule has 2 unspecified atom stereocenters. The first-order chi connectivity index (χ1) is 9.99. The molecule has 0 aromatic heterocycles. The number of hydrogen-bond acceptors (Lipinski definition) is 2. The van der Waals surface area contributed by atoms with Crippen molar-refractivity contribution in [2.75, 3.05) is 0 Å². The maximum Gasteiger partial charge on any atom is 0.330 e. The molecular formula is C16H18FNO3. The maximum absolute atomic E-state index is 13.3.